The summed E-state index contributed by atoms with van der Waals surface area (Å²) in [5.41, 5.74) is 6.43. The summed E-state index contributed by atoms with van der Waals surface area (Å²) in [6, 6.07) is 13.6. The lowest BCUT2D eigenvalue weighted by Gasteiger charge is -2.34. The van der Waals surface area contributed by atoms with Crippen molar-refractivity contribution in [2.24, 2.45) is 5.92 Å². The van der Waals surface area contributed by atoms with E-state index in [1.807, 2.05) is 6.07 Å². The van der Waals surface area contributed by atoms with E-state index < -0.39 is 5.41 Å². The monoisotopic (exact) mass is 602 g/mol. The average molecular weight is 603 g/mol. The zero-order valence-electron chi connectivity index (χ0n) is 29.1. The molecule has 244 valence electrons. The summed E-state index contributed by atoms with van der Waals surface area (Å²) in [7, 11) is 3.36. The number of hydrogen-bond donors (Lipinski definition) is 0. The molecule has 1 aliphatic heterocycles. The van der Waals surface area contributed by atoms with Gasteiger partial charge in [0.15, 0.2) is 11.5 Å². The maximum atomic E-state index is 10.7. The van der Waals surface area contributed by atoms with Gasteiger partial charge in [0.2, 0.25) is 0 Å². The Bertz CT molecular complexity index is 1140. The number of rotatable bonds is 20. The van der Waals surface area contributed by atoms with E-state index in [-0.39, 0.29) is 0 Å². The first kappa shape index (κ1) is 36.0. The van der Waals surface area contributed by atoms with Crippen LogP contribution in [0.1, 0.15) is 131 Å². The molecule has 0 amide bonds. The molecule has 1 aliphatic rings. The van der Waals surface area contributed by atoms with Crippen LogP contribution in [0.3, 0.4) is 0 Å². The van der Waals surface area contributed by atoms with Gasteiger partial charge in [-0.05, 0) is 119 Å². The molecular weight excluding hydrogens is 540 g/mol. The van der Waals surface area contributed by atoms with Gasteiger partial charge < -0.3 is 14.4 Å². The fraction of sp³-hybridized carbons (Fsp3) is 0.675. The third-order valence-electron chi connectivity index (χ3n) is 10.2. The van der Waals surface area contributed by atoms with Crippen LogP contribution in [0.2, 0.25) is 0 Å². The molecule has 0 saturated carbocycles. The van der Waals surface area contributed by atoms with Gasteiger partial charge in [0, 0.05) is 0 Å². The van der Waals surface area contributed by atoms with Crippen molar-refractivity contribution in [1.82, 2.24) is 4.90 Å². The summed E-state index contributed by atoms with van der Waals surface area (Å²) >= 11 is 0. The van der Waals surface area contributed by atoms with Crippen LogP contribution in [-0.2, 0) is 11.8 Å². The van der Waals surface area contributed by atoms with Crippen LogP contribution in [0.25, 0.3) is 0 Å². The molecule has 1 unspecified atom stereocenters. The summed E-state index contributed by atoms with van der Waals surface area (Å²) in [5, 5.41) is 10.7. The molecule has 3 rings (SSSR count). The van der Waals surface area contributed by atoms with E-state index in [4.69, 9.17) is 9.47 Å². The van der Waals surface area contributed by atoms with E-state index >= 15 is 0 Å². The quantitative estimate of drug-likeness (QED) is 0.141. The second-order valence-corrected chi connectivity index (χ2v) is 13.7. The lowest BCUT2D eigenvalue weighted by molar-refractivity contribution is 0.177. The minimum Gasteiger partial charge on any atom is -0.493 e. The van der Waals surface area contributed by atoms with Gasteiger partial charge in [-0.25, -0.2) is 0 Å². The lowest BCUT2D eigenvalue weighted by Crippen LogP contribution is -2.36. The Morgan fingerprint density at radius 3 is 1.91 bits per heavy atom. The van der Waals surface area contributed by atoms with Gasteiger partial charge in [0.05, 0.1) is 25.7 Å². The maximum absolute atomic E-state index is 10.7. The van der Waals surface area contributed by atoms with Gasteiger partial charge in [0.25, 0.3) is 0 Å². The van der Waals surface area contributed by atoms with Crippen molar-refractivity contribution >= 4 is 0 Å². The van der Waals surface area contributed by atoms with E-state index in [9.17, 15) is 5.26 Å². The van der Waals surface area contributed by atoms with Crippen molar-refractivity contribution in [3.05, 3.63) is 58.1 Å². The van der Waals surface area contributed by atoms with E-state index in [2.05, 4.69) is 62.9 Å². The second kappa shape index (κ2) is 19.1. The number of methoxy groups -OCH3 is 2. The predicted octanol–water partition coefficient (Wildman–Crippen LogP) is 10.4. The first-order chi connectivity index (χ1) is 21.4. The largest absolute Gasteiger partial charge is 0.493 e. The van der Waals surface area contributed by atoms with Gasteiger partial charge >= 0.3 is 0 Å². The highest BCUT2D eigenvalue weighted by Gasteiger charge is 2.33. The summed E-state index contributed by atoms with van der Waals surface area (Å²) in [6.07, 6.45) is 19.7. The van der Waals surface area contributed by atoms with E-state index in [1.54, 1.807) is 19.8 Å². The molecule has 1 atom stereocenters. The number of benzene rings is 2. The fourth-order valence-corrected chi connectivity index (χ4v) is 7.48. The zero-order chi connectivity index (χ0) is 31.8. The topological polar surface area (TPSA) is 45.5 Å². The molecule has 44 heavy (non-hydrogen) atoms. The fourth-order valence-electron chi connectivity index (χ4n) is 7.48. The van der Waals surface area contributed by atoms with Crippen LogP contribution in [0.5, 0.6) is 11.5 Å². The van der Waals surface area contributed by atoms with E-state index in [0.29, 0.717) is 5.75 Å². The third kappa shape index (κ3) is 10.8. The normalized spacial score (nSPS) is 15.6. The Labute approximate surface area is 270 Å². The summed E-state index contributed by atoms with van der Waals surface area (Å²) in [5.74, 6) is 2.21. The Hall–Kier alpha value is -2.51. The summed E-state index contributed by atoms with van der Waals surface area (Å²) in [6.45, 7) is 12.4. The van der Waals surface area contributed by atoms with Crippen molar-refractivity contribution in [1.29, 1.82) is 5.26 Å². The summed E-state index contributed by atoms with van der Waals surface area (Å²) < 4.78 is 11.2. The SMILES string of the molecule is CCCCCCCCCCCCC(C#N)(CCCN1CCC(Cc2c(C)cc(C)cc2C)CC1)c1ccc(OC)c(OC)c1. The number of nitriles is 1. The number of likely N-dealkylation sites (tertiary alicyclic amines) is 1. The number of piperidine rings is 1. The van der Waals surface area contributed by atoms with Crippen molar-refractivity contribution in [2.75, 3.05) is 33.9 Å². The Morgan fingerprint density at radius 2 is 1.34 bits per heavy atom. The minimum absolute atomic E-state index is 0.488. The number of aryl methyl sites for hydroxylation is 3. The second-order valence-electron chi connectivity index (χ2n) is 13.7. The molecule has 0 spiro atoms. The third-order valence-corrected chi connectivity index (χ3v) is 10.2. The van der Waals surface area contributed by atoms with Gasteiger partial charge in [-0.15, -0.1) is 0 Å². The van der Waals surface area contributed by atoms with E-state index in [1.165, 1.54) is 107 Å². The lowest BCUT2D eigenvalue weighted by atomic mass is 9.74. The highest BCUT2D eigenvalue weighted by molar-refractivity contribution is 5.47. The Morgan fingerprint density at radius 1 is 0.773 bits per heavy atom. The first-order valence-electron chi connectivity index (χ1n) is 17.8. The van der Waals surface area contributed by atoms with Crippen molar-refractivity contribution in [3.63, 3.8) is 0 Å². The molecule has 1 saturated heterocycles. The molecule has 2 aromatic rings. The predicted molar refractivity (Wildman–Crippen MR) is 186 cm³/mol. The van der Waals surface area contributed by atoms with Crippen LogP contribution >= 0.6 is 0 Å². The van der Waals surface area contributed by atoms with Gasteiger partial charge in [-0.1, -0.05) is 94.9 Å². The molecule has 0 aliphatic carbocycles. The highest BCUT2D eigenvalue weighted by atomic mass is 16.5. The molecule has 0 radical (unpaired) electrons. The molecule has 0 N–H and O–H groups in total. The van der Waals surface area contributed by atoms with Crippen LogP contribution in [-0.4, -0.2) is 38.8 Å². The molecule has 2 aromatic carbocycles. The maximum Gasteiger partial charge on any atom is 0.161 e. The highest BCUT2D eigenvalue weighted by Crippen LogP contribution is 2.39. The minimum atomic E-state index is -0.488. The molecule has 4 heteroatoms. The standard InChI is InChI=1S/C40H62N2O2/c1-7-8-9-10-11-12-13-14-15-16-22-40(31-41,36-18-19-38(43-5)39(30-36)44-6)23-17-24-42-25-20-35(21-26-42)29-37-33(3)27-32(2)28-34(37)4/h18-19,27-28,30,35H,7-17,20-26,29H2,1-6H3. The van der Waals surface area contributed by atoms with Crippen molar-refractivity contribution < 1.29 is 9.47 Å². The number of nitrogens with zero attached hydrogens (tertiary/aromatic N) is 2. The molecule has 0 bridgehead atoms. The van der Waals surface area contributed by atoms with Crippen LogP contribution in [0, 0.1) is 38.0 Å². The summed E-state index contributed by atoms with van der Waals surface area (Å²) in [4.78, 5) is 2.64. The van der Waals surface area contributed by atoms with Crippen LogP contribution in [0.4, 0.5) is 0 Å². The zero-order valence-corrected chi connectivity index (χ0v) is 29.1. The Balaban J connectivity index is 1.54. The Kier molecular flexibility index (Phi) is 15.6. The smallest absolute Gasteiger partial charge is 0.161 e. The van der Waals surface area contributed by atoms with Crippen molar-refractivity contribution in [3.8, 4) is 17.6 Å². The molecular formula is C40H62N2O2. The number of ether oxygens (including phenoxy) is 2. The van der Waals surface area contributed by atoms with Crippen LogP contribution < -0.4 is 9.47 Å². The number of hydrogen-bond acceptors (Lipinski definition) is 4. The molecule has 1 fully saturated rings. The van der Waals surface area contributed by atoms with Crippen LogP contribution in [0.15, 0.2) is 30.3 Å². The van der Waals surface area contributed by atoms with Gasteiger partial charge in [0.1, 0.15) is 0 Å². The van der Waals surface area contributed by atoms with Gasteiger partial charge in [-0.3, -0.25) is 0 Å². The molecule has 0 aromatic heterocycles. The first-order valence-corrected chi connectivity index (χ1v) is 17.8. The molecule has 1 heterocycles. The van der Waals surface area contributed by atoms with Gasteiger partial charge in [-0.2, -0.15) is 5.26 Å². The van der Waals surface area contributed by atoms with Crippen molar-refractivity contribution in [2.45, 2.75) is 136 Å². The molecule has 4 nitrogen and oxygen atoms in total. The van der Waals surface area contributed by atoms with E-state index in [0.717, 1.165) is 49.5 Å². The number of unbranched alkanes of at least 4 members (excludes halogenated alkanes) is 9. The average Bonchev–Trinajstić information content (AvgIpc) is 3.03.